The van der Waals surface area contributed by atoms with Crippen molar-refractivity contribution in [3.05, 3.63) is 107 Å². The van der Waals surface area contributed by atoms with Crippen LogP contribution in [0.2, 0.25) is 0 Å². The molecule has 1 aliphatic rings. The number of likely N-dealkylation sites (N-methyl/N-ethyl adjacent to an activating group) is 1. The maximum Gasteiger partial charge on any atom is 0.0574 e. The van der Waals surface area contributed by atoms with E-state index < -0.39 is 0 Å². The highest BCUT2D eigenvalue weighted by Crippen LogP contribution is 2.27. The molecule has 0 saturated heterocycles. The second-order valence-corrected chi connectivity index (χ2v) is 9.17. The lowest BCUT2D eigenvalue weighted by molar-refractivity contribution is 0.510. The van der Waals surface area contributed by atoms with Crippen LogP contribution in [0.25, 0.3) is 0 Å². The van der Waals surface area contributed by atoms with Crippen molar-refractivity contribution in [2.24, 2.45) is 5.10 Å². The summed E-state index contributed by atoms with van der Waals surface area (Å²) >= 11 is 0. The minimum absolute atomic E-state index is 0.248. The van der Waals surface area contributed by atoms with E-state index in [0.717, 1.165) is 37.8 Å². The number of hydrazone groups is 1. The minimum Gasteiger partial charge on any atom is -0.313 e. The number of unbranched alkanes of at least 4 members (excludes halogenated alkanes) is 2. The lowest BCUT2D eigenvalue weighted by Crippen LogP contribution is -2.26. The Bertz CT molecular complexity index is 971. The Balaban J connectivity index is 2.25. The van der Waals surface area contributed by atoms with Crippen LogP contribution in [-0.4, -0.2) is 24.3 Å². The Kier molecular flexibility index (Phi) is 12.9. The maximum atomic E-state index is 4.46. The zero-order valence-corrected chi connectivity index (χ0v) is 22.6. The van der Waals surface area contributed by atoms with Gasteiger partial charge in [-0.05, 0) is 81.3 Å². The summed E-state index contributed by atoms with van der Waals surface area (Å²) in [5, 5.41) is 9.84. The third-order valence-electron chi connectivity index (χ3n) is 6.31. The van der Waals surface area contributed by atoms with E-state index in [1.165, 1.54) is 40.7 Å². The molecule has 0 radical (unpaired) electrons. The van der Waals surface area contributed by atoms with Gasteiger partial charge in [-0.25, -0.2) is 5.01 Å². The lowest BCUT2D eigenvalue weighted by atomic mass is 9.93. The van der Waals surface area contributed by atoms with Crippen molar-refractivity contribution < 1.29 is 0 Å². The lowest BCUT2D eigenvalue weighted by Gasteiger charge is -2.23. The number of hydrogen-bond donors (Lipinski definition) is 1. The smallest absolute Gasteiger partial charge is 0.0574 e. The van der Waals surface area contributed by atoms with Crippen molar-refractivity contribution in [2.75, 3.05) is 7.05 Å². The van der Waals surface area contributed by atoms with Crippen molar-refractivity contribution in [3.63, 3.8) is 0 Å². The fourth-order valence-corrected chi connectivity index (χ4v) is 3.98. The highest BCUT2D eigenvalue weighted by Gasteiger charge is 2.14. The summed E-state index contributed by atoms with van der Waals surface area (Å²) in [6.45, 7) is 12.7. The van der Waals surface area contributed by atoms with Gasteiger partial charge >= 0.3 is 0 Å². The summed E-state index contributed by atoms with van der Waals surface area (Å²) in [7, 11) is 2.05. The third-order valence-corrected chi connectivity index (χ3v) is 6.31. The molecule has 0 aliphatic carbocycles. The molecule has 0 aromatic heterocycles. The summed E-state index contributed by atoms with van der Waals surface area (Å²) in [4.78, 5) is 0. The first-order valence-electron chi connectivity index (χ1n) is 13.2. The molecule has 1 N–H and O–H groups in total. The summed E-state index contributed by atoms with van der Waals surface area (Å²) in [6, 6.07) is 9.26. The number of aryl methyl sites for hydroxylation is 1. The zero-order chi connectivity index (χ0) is 25.5. The molecule has 0 bridgehead atoms. The molecular weight excluding hydrogens is 426 g/mol. The van der Waals surface area contributed by atoms with Crippen LogP contribution < -0.4 is 5.32 Å². The van der Waals surface area contributed by atoms with Crippen LogP contribution in [0.15, 0.2) is 101 Å². The second kappa shape index (κ2) is 15.9. The largest absolute Gasteiger partial charge is 0.313 e. The number of nitrogens with one attached hydrogen (secondary N) is 1. The Morgan fingerprint density at radius 3 is 2.51 bits per heavy atom. The van der Waals surface area contributed by atoms with Gasteiger partial charge in [0.1, 0.15) is 0 Å². The van der Waals surface area contributed by atoms with Gasteiger partial charge < -0.3 is 5.32 Å². The molecule has 35 heavy (non-hydrogen) atoms. The van der Waals surface area contributed by atoms with Gasteiger partial charge in [0.2, 0.25) is 0 Å². The standard InChI is InChI=1S/C32H45N3/c1-7-10-11-12-13-14-26(4)15-21-30(31-22-16-27(5)35(25-31)34-9-3)24-32(33-6)23-29-19-17-28(8-2)18-20-29/h9,12-14,16-20,22,24-25,32-33H,5,7-8,10-11,15,21,23H2,1-4,6H3/b13-12-,26-14-,30-24+,34-9-. The van der Waals surface area contributed by atoms with Crippen LogP contribution in [0.1, 0.15) is 70.9 Å². The minimum atomic E-state index is 0.248. The van der Waals surface area contributed by atoms with Crippen molar-refractivity contribution >= 4 is 6.21 Å². The van der Waals surface area contributed by atoms with E-state index >= 15 is 0 Å². The molecule has 3 nitrogen and oxygen atoms in total. The number of rotatable bonds is 14. The monoisotopic (exact) mass is 471 g/mol. The van der Waals surface area contributed by atoms with E-state index in [2.05, 4.69) is 98.6 Å². The first-order chi connectivity index (χ1) is 17.0. The van der Waals surface area contributed by atoms with Gasteiger partial charge in [-0.2, -0.15) is 5.10 Å². The molecule has 0 spiro atoms. The molecule has 1 aromatic carbocycles. The number of hydrogen-bond acceptors (Lipinski definition) is 3. The average Bonchev–Trinajstić information content (AvgIpc) is 2.87. The van der Waals surface area contributed by atoms with Crippen LogP contribution in [0.5, 0.6) is 0 Å². The van der Waals surface area contributed by atoms with Gasteiger partial charge in [-0.15, -0.1) is 0 Å². The van der Waals surface area contributed by atoms with Crippen LogP contribution in [0.4, 0.5) is 0 Å². The highest BCUT2D eigenvalue weighted by atomic mass is 15.4. The summed E-state index contributed by atoms with van der Waals surface area (Å²) in [5.41, 5.74) is 7.53. The van der Waals surface area contributed by atoms with Gasteiger partial charge in [0.05, 0.1) is 5.70 Å². The number of allylic oxidation sites excluding steroid dienone is 8. The van der Waals surface area contributed by atoms with Gasteiger partial charge in [-0.1, -0.05) is 93.5 Å². The molecule has 3 heteroatoms. The molecule has 0 saturated carbocycles. The van der Waals surface area contributed by atoms with Gasteiger partial charge in [0.15, 0.2) is 0 Å². The topological polar surface area (TPSA) is 27.6 Å². The highest BCUT2D eigenvalue weighted by molar-refractivity contribution is 5.54. The van der Waals surface area contributed by atoms with Crippen molar-refractivity contribution in [2.45, 2.75) is 78.7 Å². The Labute approximate surface area is 214 Å². The summed E-state index contributed by atoms with van der Waals surface area (Å²) in [5.74, 6) is 0. The van der Waals surface area contributed by atoms with Crippen LogP contribution >= 0.6 is 0 Å². The van der Waals surface area contributed by atoms with E-state index in [9.17, 15) is 0 Å². The molecule has 0 fully saturated rings. The number of benzene rings is 1. The van der Waals surface area contributed by atoms with Gasteiger partial charge in [0.25, 0.3) is 0 Å². The Morgan fingerprint density at radius 2 is 1.86 bits per heavy atom. The van der Waals surface area contributed by atoms with Gasteiger partial charge in [-0.3, -0.25) is 0 Å². The summed E-state index contributed by atoms with van der Waals surface area (Å²) < 4.78 is 0. The Hall–Kier alpha value is -2.91. The SMILES string of the molecule is C=C1C=CC(/C(=C/C(Cc2ccc(CC)cc2)NC)CC/C(C)=C\C=C/CCCC)=CN1/N=C\C. The first-order valence-corrected chi connectivity index (χ1v) is 13.2. The molecule has 1 heterocycles. The molecule has 188 valence electrons. The van der Waals surface area contributed by atoms with Crippen molar-refractivity contribution in [1.82, 2.24) is 10.3 Å². The van der Waals surface area contributed by atoms with Crippen LogP contribution in [-0.2, 0) is 12.8 Å². The van der Waals surface area contributed by atoms with Crippen molar-refractivity contribution in [3.8, 4) is 0 Å². The number of nitrogens with zero attached hydrogens (tertiary/aromatic N) is 2. The molecule has 1 aliphatic heterocycles. The fraction of sp³-hybridized carbons (Fsp3) is 0.406. The van der Waals surface area contributed by atoms with E-state index in [-0.39, 0.29) is 6.04 Å². The fourth-order valence-electron chi connectivity index (χ4n) is 3.98. The van der Waals surface area contributed by atoms with E-state index in [1.54, 1.807) is 6.21 Å². The molecule has 1 unspecified atom stereocenters. The zero-order valence-electron chi connectivity index (χ0n) is 22.6. The second-order valence-electron chi connectivity index (χ2n) is 9.17. The van der Waals surface area contributed by atoms with E-state index in [0.29, 0.717) is 0 Å². The Morgan fingerprint density at radius 1 is 1.11 bits per heavy atom. The predicted octanol–water partition coefficient (Wildman–Crippen LogP) is 8.05. The normalized spacial score (nSPS) is 16.0. The van der Waals surface area contributed by atoms with Crippen LogP contribution in [0, 0.1) is 0 Å². The average molecular weight is 472 g/mol. The molecule has 0 amide bonds. The molecular formula is C32H45N3. The molecule has 1 aromatic rings. The maximum absolute atomic E-state index is 4.46. The molecule has 1 atom stereocenters. The van der Waals surface area contributed by atoms with E-state index in [4.69, 9.17) is 0 Å². The first kappa shape index (κ1) is 28.3. The van der Waals surface area contributed by atoms with Crippen molar-refractivity contribution in [1.29, 1.82) is 0 Å². The summed E-state index contributed by atoms with van der Waals surface area (Å²) in [6.07, 6.45) is 25.0. The van der Waals surface area contributed by atoms with E-state index in [1.807, 2.05) is 25.1 Å². The molecule has 2 rings (SSSR count). The van der Waals surface area contributed by atoms with Crippen LogP contribution in [0.3, 0.4) is 0 Å². The predicted molar refractivity (Wildman–Crippen MR) is 154 cm³/mol. The van der Waals surface area contributed by atoms with Gasteiger partial charge in [0, 0.05) is 18.5 Å². The third kappa shape index (κ3) is 10.1. The quantitative estimate of drug-likeness (QED) is 0.169.